The Balaban J connectivity index is 2.36. The van der Waals surface area contributed by atoms with Gasteiger partial charge in [-0.15, -0.1) is 0 Å². The lowest BCUT2D eigenvalue weighted by molar-refractivity contribution is -0.140. The number of aromatic amines is 1. The summed E-state index contributed by atoms with van der Waals surface area (Å²) in [7, 11) is -3.86. The number of H-pyrrole nitrogens is 1. The first-order chi connectivity index (χ1) is 7.93. The topological polar surface area (TPSA) is 111 Å². The van der Waals surface area contributed by atoms with Crippen LogP contribution in [0.3, 0.4) is 0 Å². The van der Waals surface area contributed by atoms with E-state index in [1.165, 1.54) is 18.5 Å². The number of carboxylic acid groups (broad SMARTS) is 1. The molecule has 1 unspecified atom stereocenters. The summed E-state index contributed by atoms with van der Waals surface area (Å²) in [6.45, 7) is -0.190. The predicted octanol–water partition coefficient (Wildman–Crippen LogP) is -0.777. The molecule has 1 aliphatic heterocycles. The third-order valence-electron chi connectivity index (χ3n) is 2.69. The molecule has 1 aliphatic rings. The largest absolute Gasteiger partial charge is 0.480 e. The van der Waals surface area contributed by atoms with Crippen LogP contribution >= 0.6 is 0 Å². The molecule has 0 spiro atoms. The lowest BCUT2D eigenvalue weighted by Crippen LogP contribution is -2.40. The van der Waals surface area contributed by atoms with Crippen molar-refractivity contribution in [2.24, 2.45) is 0 Å². The van der Waals surface area contributed by atoms with Gasteiger partial charge in [0.1, 0.15) is 6.04 Å². The summed E-state index contributed by atoms with van der Waals surface area (Å²) in [6, 6.07) is 0.142. The number of carbonyl (C=O) groups is 1. The van der Waals surface area contributed by atoms with Crippen LogP contribution in [0.2, 0.25) is 0 Å². The van der Waals surface area contributed by atoms with Gasteiger partial charge >= 0.3 is 5.97 Å². The molecule has 1 aromatic heterocycles. The maximum atomic E-state index is 12.1. The number of aliphatic hydroxyl groups is 1. The van der Waals surface area contributed by atoms with Crippen molar-refractivity contribution in [1.29, 1.82) is 0 Å². The molecular weight excluding hydrogens is 248 g/mol. The third-order valence-corrected chi connectivity index (χ3v) is 4.57. The number of hydrogen-bond donors (Lipinski definition) is 3. The lowest BCUT2D eigenvalue weighted by Gasteiger charge is -2.19. The Kier molecular flexibility index (Phi) is 2.94. The highest BCUT2D eigenvalue weighted by atomic mass is 32.2. The van der Waals surface area contributed by atoms with Crippen LogP contribution in [0, 0.1) is 0 Å². The molecule has 2 heterocycles. The Hall–Kier alpha value is -1.38. The standard InChI is InChI=1S/C9H12N2O5S/c12-6-3-8(9(13)14)11(5-6)17(15,16)7-1-2-10-4-7/h1-2,4,6,8,10,12H,3,5H2,(H,13,14)/t6?,8-/m0/s1. The average molecular weight is 260 g/mol. The first kappa shape index (κ1) is 12.1. The molecule has 0 radical (unpaired) electrons. The summed E-state index contributed by atoms with van der Waals surface area (Å²) in [6.07, 6.45) is 1.69. The van der Waals surface area contributed by atoms with E-state index in [1.54, 1.807) is 0 Å². The number of aliphatic hydroxyl groups excluding tert-OH is 1. The minimum Gasteiger partial charge on any atom is -0.480 e. The van der Waals surface area contributed by atoms with Gasteiger partial charge in [0.15, 0.2) is 0 Å². The normalized spacial score (nSPS) is 26.2. The monoisotopic (exact) mass is 260 g/mol. The molecule has 1 fully saturated rings. The van der Waals surface area contributed by atoms with Gasteiger partial charge in [0.2, 0.25) is 10.0 Å². The van der Waals surface area contributed by atoms with Gasteiger partial charge in [-0.05, 0) is 6.07 Å². The second-order valence-corrected chi connectivity index (χ2v) is 5.76. The van der Waals surface area contributed by atoms with Crippen molar-refractivity contribution in [3.8, 4) is 0 Å². The highest BCUT2D eigenvalue weighted by Gasteiger charge is 2.43. The van der Waals surface area contributed by atoms with E-state index in [1.807, 2.05) is 0 Å². The molecule has 0 amide bonds. The Morgan fingerprint density at radius 2 is 2.24 bits per heavy atom. The van der Waals surface area contributed by atoms with Crippen molar-refractivity contribution in [2.75, 3.05) is 6.54 Å². The molecule has 1 aromatic rings. The minimum absolute atomic E-state index is 0.00199. The summed E-state index contributed by atoms with van der Waals surface area (Å²) in [5.41, 5.74) is 0. The molecular formula is C9H12N2O5S. The maximum absolute atomic E-state index is 12.1. The van der Waals surface area contributed by atoms with Crippen LogP contribution < -0.4 is 0 Å². The van der Waals surface area contributed by atoms with Crippen LogP contribution in [0.5, 0.6) is 0 Å². The van der Waals surface area contributed by atoms with E-state index in [0.29, 0.717) is 0 Å². The summed E-state index contributed by atoms with van der Waals surface area (Å²) < 4.78 is 25.0. The Morgan fingerprint density at radius 3 is 2.76 bits per heavy atom. The zero-order valence-electron chi connectivity index (χ0n) is 8.78. The number of hydrogen-bond acceptors (Lipinski definition) is 4. The first-order valence-electron chi connectivity index (χ1n) is 4.98. The first-order valence-corrected chi connectivity index (χ1v) is 6.42. The Labute approximate surface area is 97.7 Å². The van der Waals surface area contributed by atoms with Gasteiger partial charge in [-0.2, -0.15) is 4.31 Å². The summed E-state index contributed by atoms with van der Waals surface area (Å²) in [4.78, 5) is 13.5. The van der Waals surface area contributed by atoms with Crippen molar-refractivity contribution < 1.29 is 23.4 Å². The molecule has 8 heteroatoms. The van der Waals surface area contributed by atoms with Crippen LogP contribution in [0.1, 0.15) is 6.42 Å². The predicted molar refractivity (Wildman–Crippen MR) is 56.7 cm³/mol. The Morgan fingerprint density at radius 1 is 1.53 bits per heavy atom. The number of carboxylic acids is 1. The fourth-order valence-electron chi connectivity index (χ4n) is 1.88. The summed E-state index contributed by atoms with van der Waals surface area (Å²) >= 11 is 0. The zero-order chi connectivity index (χ0) is 12.6. The van der Waals surface area contributed by atoms with E-state index in [9.17, 15) is 18.3 Å². The van der Waals surface area contributed by atoms with Gasteiger partial charge in [0.05, 0.1) is 11.0 Å². The van der Waals surface area contributed by atoms with Crippen LogP contribution in [-0.2, 0) is 14.8 Å². The maximum Gasteiger partial charge on any atom is 0.322 e. The number of sulfonamides is 1. The van der Waals surface area contributed by atoms with Gasteiger partial charge in [0.25, 0.3) is 0 Å². The van der Waals surface area contributed by atoms with E-state index in [-0.39, 0.29) is 17.9 Å². The van der Waals surface area contributed by atoms with E-state index in [0.717, 1.165) is 4.31 Å². The molecule has 2 atom stereocenters. The summed E-state index contributed by atoms with van der Waals surface area (Å²) in [5, 5.41) is 18.3. The number of nitrogens with zero attached hydrogens (tertiary/aromatic N) is 1. The molecule has 2 rings (SSSR count). The second kappa shape index (κ2) is 4.13. The van der Waals surface area contributed by atoms with Crippen molar-refractivity contribution >= 4 is 16.0 Å². The molecule has 0 aliphatic carbocycles. The van der Waals surface area contributed by atoms with Crippen molar-refractivity contribution in [2.45, 2.75) is 23.5 Å². The molecule has 0 saturated carbocycles. The second-order valence-electron chi connectivity index (χ2n) is 3.86. The van der Waals surface area contributed by atoms with E-state index in [2.05, 4.69) is 4.98 Å². The van der Waals surface area contributed by atoms with Crippen LogP contribution in [0.4, 0.5) is 0 Å². The highest BCUT2D eigenvalue weighted by molar-refractivity contribution is 7.89. The number of aromatic nitrogens is 1. The molecule has 7 nitrogen and oxygen atoms in total. The fraction of sp³-hybridized carbons (Fsp3) is 0.444. The number of aliphatic carboxylic acids is 1. The smallest absolute Gasteiger partial charge is 0.322 e. The number of rotatable bonds is 3. The van der Waals surface area contributed by atoms with Crippen LogP contribution in [-0.4, -0.2) is 52.6 Å². The van der Waals surface area contributed by atoms with E-state index < -0.39 is 28.1 Å². The molecule has 1 saturated heterocycles. The van der Waals surface area contributed by atoms with Crippen molar-refractivity contribution in [3.05, 3.63) is 18.5 Å². The highest BCUT2D eigenvalue weighted by Crippen LogP contribution is 2.26. The van der Waals surface area contributed by atoms with Crippen LogP contribution in [0.15, 0.2) is 23.4 Å². The molecule has 3 N–H and O–H groups in total. The van der Waals surface area contributed by atoms with E-state index >= 15 is 0 Å². The fourth-order valence-corrected chi connectivity index (χ4v) is 3.49. The van der Waals surface area contributed by atoms with Gasteiger partial charge in [-0.25, -0.2) is 8.42 Å². The van der Waals surface area contributed by atoms with Gasteiger partial charge < -0.3 is 15.2 Å². The number of β-amino-alcohol motifs (C(OH)–C–C–N with tert-alkyl or cyclic N) is 1. The lowest BCUT2D eigenvalue weighted by atomic mass is 10.2. The van der Waals surface area contributed by atoms with Crippen molar-refractivity contribution in [1.82, 2.24) is 9.29 Å². The molecule has 0 bridgehead atoms. The van der Waals surface area contributed by atoms with Crippen molar-refractivity contribution in [3.63, 3.8) is 0 Å². The quantitative estimate of drug-likeness (QED) is 0.660. The van der Waals surface area contributed by atoms with Gasteiger partial charge in [-0.3, -0.25) is 4.79 Å². The van der Waals surface area contributed by atoms with Gasteiger partial charge in [0, 0.05) is 25.4 Å². The van der Waals surface area contributed by atoms with E-state index in [4.69, 9.17) is 5.11 Å². The third kappa shape index (κ3) is 2.06. The average Bonchev–Trinajstić information content (AvgIpc) is 2.84. The molecule has 17 heavy (non-hydrogen) atoms. The molecule has 0 aromatic carbocycles. The minimum atomic E-state index is -3.86. The van der Waals surface area contributed by atoms with Crippen LogP contribution in [0.25, 0.3) is 0 Å². The zero-order valence-corrected chi connectivity index (χ0v) is 9.59. The number of nitrogens with one attached hydrogen (secondary N) is 1. The van der Waals surface area contributed by atoms with Gasteiger partial charge in [-0.1, -0.05) is 0 Å². The summed E-state index contributed by atoms with van der Waals surface area (Å²) in [5.74, 6) is -1.25. The Bertz CT molecular complexity index is 509. The molecule has 94 valence electrons. The SMILES string of the molecule is O=C(O)[C@@H]1CC(O)CN1S(=O)(=O)c1cc[nH]c1.